The standard InChI is InChI=1S/C19H30N4O3/c1-14(2)17(23-8-10-26-11-9-23)13-22-19(25)21-12-15-4-6-16(7-5-15)18(24)20-3/h4-7,14,17H,8-13H2,1-3H3,(H,20,24)(H2,21,22,25)/t17-/m1/s1. The van der Waals surface area contributed by atoms with Gasteiger partial charge in [-0.05, 0) is 23.6 Å². The van der Waals surface area contributed by atoms with Gasteiger partial charge in [-0.2, -0.15) is 0 Å². The van der Waals surface area contributed by atoms with Gasteiger partial charge in [0.25, 0.3) is 5.91 Å². The first kappa shape index (κ1) is 20.2. The van der Waals surface area contributed by atoms with Gasteiger partial charge in [0.05, 0.1) is 13.2 Å². The summed E-state index contributed by atoms with van der Waals surface area (Å²) < 4.78 is 5.41. The number of carbonyl (C=O) groups is 2. The van der Waals surface area contributed by atoms with E-state index in [1.807, 2.05) is 12.1 Å². The molecule has 0 bridgehead atoms. The summed E-state index contributed by atoms with van der Waals surface area (Å²) in [5, 5.41) is 8.42. The Labute approximate surface area is 155 Å². The number of amides is 3. The lowest BCUT2D eigenvalue weighted by Gasteiger charge is -2.36. The van der Waals surface area contributed by atoms with Gasteiger partial charge in [-0.25, -0.2) is 4.79 Å². The van der Waals surface area contributed by atoms with Crippen molar-refractivity contribution in [3.05, 3.63) is 35.4 Å². The molecular weight excluding hydrogens is 332 g/mol. The van der Waals surface area contributed by atoms with E-state index in [1.54, 1.807) is 19.2 Å². The van der Waals surface area contributed by atoms with Crippen molar-refractivity contribution < 1.29 is 14.3 Å². The molecule has 7 heteroatoms. The van der Waals surface area contributed by atoms with Gasteiger partial charge < -0.3 is 20.7 Å². The minimum absolute atomic E-state index is 0.120. The van der Waals surface area contributed by atoms with Crippen LogP contribution in [0, 0.1) is 5.92 Å². The number of hydrogen-bond acceptors (Lipinski definition) is 4. The molecule has 3 amide bonds. The van der Waals surface area contributed by atoms with Crippen LogP contribution in [0.4, 0.5) is 4.79 Å². The third kappa shape index (κ3) is 6.00. The Morgan fingerprint density at radius 1 is 1.12 bits per heavy atom. The Hall–Kier alpha value is -2.12. The molecule has 0 radical (unpaired) electrons. The Morgan fingerprint density at radius 2 is 1.77 bits per heavy atom. The third-order valence-corrected chi connectivity index (χ3v) is 4.65. The fourth-order valence-corrected chi connectivity index (χ4v) is 3.06. The average molecular weight is 362 g/mol. The van der Waals surface area contributed by atoms with Crippen LogP contribution in [0.2, 0.25) is 0 Å². The first-order valence-corrected chi connectivity index (χ1v) is 9.15. The molecule has 7 nitrogen and oxygen atoms in total. The zero-order chi connectivity index (χ0) is 18.9. The molecule has 0 saturated carbocycles. The zero-order valence-electron chi connectivity index (χ0n) is 15.9. The molecule has 1 fully saturated rings. The normalized spacial score (nSPS) is 16.2. The SMILES string of the molecule is CNC(=O)c1ccc(CNC(=O)NC[C@H](C(C)C)N2CCOCC2)cc1. The predicted molar refractivity (Wildman–Crippen MR) is 101 cm³/mol. The second kappa shape index (κ2) is 10.1. The van der Waals surface area contributed by atoms with Gasteiger partial charge in [0.15, 0.2) is 0 Å². The quantitative estimate of drug-likeness (QED) is 0.681. The van der Waals surface area contributed by atoms with Crippen LogP contribution in [0.5, 0.6) is 0 Å². The van der Waals surface area contributed by atoms with E-state index in [0.29, 0.717) is 30.6 Å². The minimum atomic E-state index is -0.181. The molecule has 3 N–H and O–H groups in total. The smallest absolute Gasteiger partial charge is 0.315 e. The summed E-state index contributed by atoms with van der Waals surface area (Å²) in [6.07, 6.45) is 0. The van der Waals surface area contributed by atoms with Gasteiger partial charge in [-0.15, -0.1) is 0 Å². The minimum Gasteiger partial charge on any atom is -0.379 e. The lowest BCUT2D eigenvalue weighted by molar-refractivity contribution is 0.00719. The number of nitrogens with zero attached hydrogens (tertiary/aromatic N) is 1. The van der Waals surface area contributed by atoms with E-state index in [4.69, 9.17) is 4.74 Å². The number of morpholine rings is 1. The van der Waals surface area contributed by atoms with Crippen LogP contribution < -0.4 is 16.0 Å². The Bertz CT molecular complexity index is 583. The molecule has 0 aliphatic carbocycles. The molecule has 0 unspecified atom stereocenters. The molecule has 1 saturated heterocycles. The van der Waals surface area contributed by atoms with Gasteiger partial charge in [0, 0.05) is 44.8 Å². The second-order valence-corrected chi connectivity index (χ2v) is 6.80. The van der Waals surface area contributed by atoms with Crippen molar-refractivity contribution >= 4 is 11.9 Å². The number of rotatable bonds is 7. The van der Waals surface area contributed by atoms with Crippen LogP contribution in [-0.2, 0) is 11.3 Å². The molecule has 144 valence electrons. The average Bonchev–Trinajstić information content (AvgIpc) is 2.67. The molecule has 0 aromatic heterocycles. The number of urea groups is 1. The van der Waals surface area contributed by atoms with Crippen LogP contribution in [0.1, 0.15) is 29.8 Å². The monoisotopic (exact) mass is 362 g/mol. The molecule has 0 spiro atoms. The van der Waals surface area contributed by atoms with Gasteiger partial charge in [-0.3, -0.25) is 9.69 Å². The Balaban J connectivity index is 1.77. The molecule has 1 aliphatic rings. The van der Waals surface area contributed by atoms with Crippen LogP contribution in [-0.4, -0.2) is 62.8 Å². The lowest BCUT2D eigenvalue weighted by atomic mass is 10.0. The lowest BCUT2D eigenvalue weighted by Crippen LogP contribution is -2.52. The van der Waals surface area contributed by atoms with Crippen molar-refractivity contribution in [2.45, 2.75) is 26.4 Å². The number of ether oxygens (including phenoxy) is 1. The summed E-state index contributed by atoms with van der Waals surface area (Å²) in [7, 11) is 1.60. The summed E-state index contributed by atoms with van der Waals surface area (Å²) >= 11 is 0. The largest absolute Gasteiger partial charge is 0.379 e. The Morgan fingerprint density at radius 3 is 2.35 bits per heavy atom. The highest BCUT2D eigenvalue weighted by atomic mass is 16.5. The fourth-order valence-electron chi connectivity index (χ4n) is 3.06. The maximum atomic E-state index is 12.1. The molecule has 1 aliphatic heterocycles. The van der Waals surface area contributed by atoms with Gasteiger partial charge in [-0.1, -0.05) is 26.0 Å². The number of nitrogens with one attached hydrogen (secondary N) is 3. The predicted octanol–water partition coefficient (Wildman–Crippen LogP) is 1.20. The topological polar surface area (TPSA) is 82.7 Å². The summed E-state index contributed by atoms with van der Waals surface area (Å²) in [5.41, 5.74) is 1.55. The van der Waals surface area contributed by atoms with E-state index in [0.717, 1.165) is 31.9 Å². The van der Waals surface area contributed by atoms with Crippen molar-refractivity contribution in [2.24, 2.45) is 5.92 Å². The summed E-state index contributed by atoms with van der Waals surface area (Å²) in [4.78, 5) is 26.0. The molecule has 1 atom stereocenters. The number of hydrogen-bond donors (Lipinski definition) is 3. The van der Waals surface area contributed by atoms with Crippen molar-refractivity contribution in [3.8, 4) is 0 Å². The molecule has 1 heterocycles. The maximum absolute atomic E-state index is 12.1. The third-order valence-electron chi connectivity index (χ3n) is 4.65. The summed E-state index contributed by atoms with van der Waals surface area (Å²) in [6, 6.07) is 7.31. The number of benzene rings is 1. The molecule has 1 aromatic carbocycles. The summed E-state index contributed by atoms with van der Waals surface area (Å²) in [6.45, 7) is 8.70. The van der Waals surface area contributed by atoms with Gasteiger partial charge in [0.1, 0.15) is 0 Å². The molecular formula is C19H30N4O3. The van der Waals surface area contributed by atoms with E-state index in [2.05, 4.69) is 34.7 Å². The second-order valence-electron chi connectivity index (χ2n) is 6.80. The van der Waals surface area contributed by atoms with E-state index in [1.165, 1.54) is 0 Å². The Kier molecular flexibility index (Phi) is 7.87. The van der Waals surface area contributed by atoms with Crippen LogP contribution in [0.15, 0.2) is 24.3 Å². The molecule has 1 aromatic rings. The first-order valence-electron chi connectivity index (χ1n) is 9.15. The van der Waals surface area contributed by atoms with E-state index in [9.17, 15) is 9.59 Å². The van der Waals surface area contributed by atoms with Crippen LogP contribution in [0.3, 0.4) is 0 Å². The van der Waals surface area contributed by atoms with Crippen molar-refractivity contribution in [1.82, 2.24) is 20.9 Å². The van der Waals surface area contributed by atoms with Crippen molar-refractivity contribution in [1.29, 1.82) is 0 Å². The molecule has 2 rings (SSSR count). The highest BCUT2D eigenvalue weighted by molar-refractivity contribution is 5.93. The number of carbonyl (C=O) groups excluding carboxylic acids is 2. The summed E-state index contributed by atoms with van der Waals surface area (Å²) in [5.74, 6) is 0.329. The fraction of sp³-hybridized carbons (Fsp3) is 0.579. The van der Waals surface area contributed by atoms with Crippen LogP contribution in [0.25, 0.3) is 0 Å². The van der Waals surface area contributed by atoms with Gasteiger partial charge in [0.2, 0.25) is 0 Å². The first-order chi connectivity index (χ1) is 12.5. The van der Waals surface area contributed by atoms with Crippen molar-refractivity contribution in [3.63, 3.8) is 0 Å². The molecule has 26 heavy (non-hydrogen) atoms. The van der Waals surface area contributed by atoms with E-state index in [-0.39, 0.29) is 11.9 Å². The highest BCUT2D eigenvalue weighted by Gasteiger charge is 2.24. The van der Waals surface area contributed by atoms with Crippen LogP contribution >= 0.6 is 0 Å². The van der Waals surface area contributed by atoms with E-state index >= 15 is 0 Å². The van der Waals surface area contributed by atoms with Gasteiger partial charge >= 0.3 is 6.03 Å². The van der Waals surface area contributed by atoms with Crippen molar-refractivity contribution in [2.75, 3.05) is 39.9 Å². The zero-order valence-corrected chi connectivity index (χ0v) is 15.9. The maximum Gasteiger partial charge on any atom is 0.315 e. The van der Waals surface area contributed by atoms with E-state index < -0.39 is 0 Å². The highest BCUT2D eigenvalue weighted by Crippen LogP contribution is 2.12.